The number of benzene rings is 2. The zero-order chi connectivity index (χ0) is 21.2. The van der Waals surface area contributed by atoms with Crippen LogP contribution in [0.1, 0.15) is 27.2 Å². The molecule has 0 atom stereocenters. The molecule has 2 aromatic carbocycles. The molecule has 29 heavy (non-hydrogen) atoms. The number of nitriles is 1. The second-order valence-corrected chi connectivity index (χ2v) is 6.02. The van der Waals surface area contributed by atoms with Crippen molar-refractivity contribution in [3.63, 3.8) is 0 Å². The van der Waals surface area contributed by atoms with Gasteiger partial charge in [0, 0.05) is 6.07 Å². The summed E-state index contributed by atoms with van der Waals surface area (Å²) >= 11 is 0. The number of esters is 1. The highest BCUT2D eigenvalue weighted by atomic mass is 19.4. The normalized spacial score (nSPS) is 11.0. The van der Waals surface area contributed by atoms with Crippen molar-refractivity contribution in [3.8, 4) is 23.3 Å². The van der Waals surface area contributed by atoms with Crippen LogP contribution in [0.4, 0.5) is 13.2 Å². The minimum absolute atomic E-state index is 0.0388. The minimum atomic E-state index is -4.86. The Hall–Kier alpha value is -3.80. The number of rotatable bonds is 4. The molecular formula is C20H14F3N3O3. The highest BCUT2D eigenvalue weighted by molar-refractivity contribution is 5.92. The number of carbonyl (C=O) groups excluding carboxylic acids is 1. The predicted molar refractivity (Wildman–Crippen MR) is 96.0 cm³/mol. The number of carbonyl (C=O) groups is 1. The Bertz CT molecular complexity index is 1100. The van der Waals surface area contributed by atoms with Crippen LogP contribution in [0.3, 0.4) is 0 Å². The fraction of sp³-hybridized carbons (Fsp3) is 0.150. The van der Waals surface area contributed by atoms with Gasteiger partial charge in [-0.3, -0.25) is 0 Å². The Morgan fingerprint density at radius 2 is 1.83 bits per heavy atom. The van der Waals surface area contributed by atoms with Gasteiger partial charge in [-0.15, -0.1) is 0 Å². The number of alkyl halides is 3. The van der Waals surface area contributed by atoms with E-state index < -0.39 is 23.4 Å². The SMILES string of the molecule is COc1cc(C#N)ccc1OC(=O)c1cnn(-c2ccc(C)cc2)c1C(F)(F)F. The Labute approximate surface area is 163 Å². The zero-order valence-corrected chi connectivity index (χ0v) is 15.3. The van der Waals surface area contributed by atoms with Gasteiger partial charge < -0.3 is 9.47 Å². The van der Waals surface area contributed by atoms with Gasteiger partial charge >= 0.3 is 12.1 Å². The number of aromatic nitrogens is 2. The van der Waals surface area contributed by atoms with Gasteiger partial charge in [0.2, 0.25) is 0 Å². The van der Waals surface area contributed by atoms with Crippen LogP contribution in [0.15, 0.2) is 48.7 Å². The van der Waals surface area contributed by atoms with Gasteiger partial charge in [-0.05, 0) is 31.2 Å². The molecule has 0 saturated heterocycles. The van der Waals surface area contributed by atoms with Crippen molar-refractivity contribution in [2.45, 2.75) is 13.1 Å². The second-order valence-electron chi connectivity index (χ2n) is 6.02. The van der Waals surface area contributed by atoms with Crippen LogP contribution in [-0.2, 0) is 6.18 Å². The lowest BCUT2D eigenvalue weighted by molar-refractivity contribution is -0.143. The first-order valence-electron chi connectivity index (χ1n) is 8.27. The molecule has 0 amide bonds. The third-order valence-corrected chi connectivity index (χ3v) is 4.03. The molecule has 148 valence electrons. The van der Waals surface area contributed by atoms with Crippen molar-refractivity contribution >= 4 is 5.97 Å². The van der Waals surface area contributed by atoms with Crippen LogP contribution in [0.5, 0.6) is 11.5 Å². The number of hydrogen-bond donors (Lipinski definition) is 0. The summed E-state index contributed by atoms with van der Waals surface area (Å²) in [5, 5.41) is 12.6. The molecule has 0 fully saturated rings. The highest BCUT2D eigenvalue weighted by Gasteiger charge is 2.41. The van der Waals surface area contributed by atoms with Crippen LogP contribution >= 0.6 is 0 Å². The van der Waals surface area contributed by atoms with E-state index >= 15 is 0 Å². The van der Waals surface area contributed by atoms with Crippen LogP contribution < -0.4 is 9.47 Å². The van der Waals surface area contributed by atoms with Crippen molar-refractivity contribution in [3.05, 3.63) is 71.0 Å². The molecule has 3 aromatic rings. The number of methoxy groups -OCH3 is 1. The first-order valence-corrected chi connectivity index (χ1v) is 8.27. The van der Waals surface area contributed by atoms with E-state index in [4.69, 9.17) is 14.7 Å². The Balaban J connectivity index is 2.02. The second kappa shape index (κ2) is 7.67. The Kier molecular flexibility index (Phi) is 5.28. The molecule has 1 heterocycles. The first-order chi connectivity index (χ1) is 13.7. The van der Waals surface area contributed by atoms with Gasteiger partial charge in [-0.25, -0.2) is 9.48 Å². The van der Waals surface area contributed by atoms with Crippen molar-refractivity contribution in [2.24, 2.45) is 0 Å². The molecule has 9 heteroatoms. The molecular weight excluding hydrogens is 387 g/mol. The van der Waals surface area contributed by atoms with E-state index in [1.54, 1.807) is 19.1 Å². The molecule has 0 spiro atoms. The fourth-order valence-electron chi connectivity index (χ4n) is 2.63. The Morgan fingerprint density at radius 1 is 1.14 bits per heavy atom. The van der Waals surface area contributed by atoms with E-state index in [1.165, 1.54) is 37.4 Å². The molecule has 0 radical (unpaired) electrons. The van der Waals surface area contributed by atoms with E-state index in [0.717, 1.165) is 11.8 Å². The van der Waals surface area contributed by atoms with Gasteiger partial charge in [-0.1, -0.05) is 17.7 Å². The Morgan fingerprint density at radius 3 is 2.41 bits per heavy atom. The molecule has 6 nitrogen and oxygen atoms in total. The lowest BCUT2D eigenvalue weighted by Gasteiger charge is -2.13. The van der Waals surface area contributed by atoms with E-state index in [-0.39, 0.29) is 22.7 Å². The zero-order valence-electron chi connectivity index (χ0n) is 15.3. The number of halogens is 3. The molecule has 0 N–H and O–H groups in total. The van der Waals surface area contributed by atoms with Gasteiger partial charge in [0.05, 0.1) is 30.6 Å². The lowest BCUT2D eigenvalue weighted by Crippen LogP contribution is -2.19. The summed E-state index contributed by atoms with van der Waals surface area (Å²) in [5.74, 6) is -1.33. The summed E-state index contributed by atoms with van der Waals surface area (Å²) in [4.78, 5) is 12.5. The maximum atomic E-state index is 13.7. The van der Waals surface area contributed by atoms with E-state index in [9.17, 15) is 18.0 Å². The quantitative estimate of drug-likeness (QED) is 0.481. The molecule has 0 bridgehead atoms. The topological polar surface area (TPSA) is 77.1 Å². The maximum absolute atomic E-state index is 13.7. The standard InChI is InChI=1S/C20H14F3N3O3/c1-12-3-6-14(7-4-12)26-18(20(21,22)23)15(11-25-26)19(27)29-16-8-5-13(10-24)9-17(16)28-2/h3-9,11H,1-2H3. The molecule has 0 aliphatic heterocycles. The van der Waals surface area contributed by atoms with Crippen LogP contribution in [0.2, 0.25) is 0 Å². The molecule has 1 aromatic heterocycles. The number of aryl methyl sites for hydroxylation is 1. The summed E-state index contributed by atoms with van der Waals surface area (Å²) in [6.07, 6.45) is -4.05. The van der Waals surface area contributed by atoms with Crippen LogP contribution in [0.25, 0.3) is 5.69 Å². The molecule has 3 rings (SSSR count). The monoisotopic (exact) mass is 401 g/mol. The summed E-state index contributed by atoms with van der Waals surface area (Å²) in [6, 6.07) is 12.0. The average Bonchev–Trinajstić information content (AvgIpc) is 3.14. The number of ether oxygens (including phenoxy) is 2. The van der Waals surface area contributed by atoms with Crippen molar-refractivity contribution in [1.29, 1.82) is 5.26 Å². The van der Waals surface area contributed by atoms with Gasteiger partial charge in [0.15, 0.2) is 17.2 Å². The third-order valence-electron chi connectivity index (χ3n) is 4.03. The van der Waals surface area contributed by atoms with E-state index in [0.29, 0.717) is 4.68 Å². The van der Waals surface area contributed by atoms with Crippen LogP contribution in [0, 0.1) is 18.3 Å². The van der Waals surface area contributed by atoms with Crippen molar-refractivity contribution in [2.75, 3.05) is 7.11 Å². The smallest absolute Gasteiger partial charge is 0.434 e. The summed E-state index contributed by atoms with van der Waals surface area (Å²) < 4.78 is 51.9. The van der Waals surface area contributed by atoms with E-state index in [1.807, 2.05) is 6.07 Å². The molecule has 0 aliphatic rings. The van der Waals surface area contributed by atoms with Gasteiger partial charge in [-0.2, -0.15) is 23.5 Å². The molecule has 0 aliphatic carbocycles. The lowest BCUT2D eigenvalue weighted by atomic mass is 10.2. The largest absolute Gasteiger partial charge is 0.493 e. The summed E-state index contributed by atoms with van der Waals surface area (Å²) in [7, 11) is 1.28. The highest BCUT2D eigenvalue weighted by Crippen LogP contribution is 2.35. The summed E-state index contributed by atoms with van der Waals surface area (Å²) in [5.41, 5.74) is -0.742. The number of nitrogens with zero attached hydrogens (tertiary/aromatic N) is 3. The predicted octanol–water partition coefficient (Wildman–Crippen LogP) is 4.30. The van der Waals surface area contributed by atoms with Crippen molar-refractivity contribution in [1.82, 2.24) is 9.78 Å². The maximum Gasteiger partial charge on any atom is 0.434 e. The minimum Gasteiger partial charge on any atom is -0.493 e. The first kappa shape index (κ1) is 19.9. The summed E-state index contributed by atoms with van der Waals surface area (Å²) in [6.45, 7) is 1.80. The van der Waals surface area contributed by atoms with Crippen molar-refractivity contribution < 1.29 is 27.4 Å². The van der Waals surface area contributed by atoms with Gasteiger partial charge in [0.25, 0.3) is 0 Å². The third kappa shape index (κ3) is 4.06. The van der Waals surface area contributed by atoms with Crippen LogP contribution in [-0.4, -0.2) is 22.9 Å². The molecule has 0 unspecified atom stereocenters. The van der Waals surface area contributed by atoms with Gasteiger partial charge in [0.1, 0.15) is 5.56 Å². The fourth-order valence-corrected chi connectivity index (χ4v) is 2.63. The number of hydrogen-bond acceptors (Lipinski definition) is 5. The average molecular weight is 401 g/mol. The molecule has 0 saturated carbocycles. The van der Waals surface area contributed by atoms with E-state index in [2.05, 4.69) is 5.10 Å².